The maximum Gasteiger partial charge on any atom is 0.224 e. The fraction of sp³-hybridized carbons (Fsp3) is 0.375. The van der Waals surface area contributed by atoms with Crippen LogP contribution in [0.3, 0.4) is 0 Å². The third-order valence-corrected chi connectivity index (χ3v) is 3.05. The van der Waals surface area contributed by atoms with E-state index in [0.717, 1.165) is 30.0 Å². The first-order chi connectivity index (χ1) is 10.7. The first-order valence-electron chi connectivity index (χ1n) is 7.24. The number of hydrogen-bond acceptors (Lipinski definition) is 5. The summed E-state index contributed by atoms with van der Waals surface area (Å²) in [5.74, 6) is 1.10. The third kappa shape index (κ3) is 5.29. The van der Waals surface area contributed by atoms with Crippen molar-refractivity contribution in [3.05, 3.63) is 47.4 Å². The van der Waals surface area contributed by atoms with Crippen molar-refractivity contribution in [3.63, 3.8) is 0 Å². The molecule has 2 aromatic rings. The molecule has 0 saturated carbocycles. The van der Waals surface area contributed by atoms with Gasteiger partial charge in [-0.05, 0) is 31.0 Å². The summed E-state index contributed by atoms with van der Waals surface area (Å²) in [4.78, 5) is 8.76. The Labute approximate surface area is 129 Å². The number of rotatable bonds is 8. The molecule has 0 bridgehead atoms. The fourth-order valence-electron chi connectivity index (χ4n) is 1.95. The molecule has 0 spiro atoms. The molecule has 0 aliphatic rings. The molecule has 2 N–H and O–H groups in total. The lowest BCUT2D eigenvalue weighted by atomic mass is 10.2. The normalized spacial score (nSPS) is 10.5. The second kappa shape index (κ2) is 8.29. The Morgan fingerprint density at radius 1 is 1.14 bits per heavy atom. The zero-order valence-electron chi connectivity index (χ0n) is 12.9. The van der Waals surface area contributed by atoms with Crippen LogP contribution in [-0.4, -0.2) is 30.2 Å². The molecule has 22 heavy (non-hydrogen) atoms. The van der Waals surface area contributed by atoms with E-state index in [0.29, 0.717) is 19.1 Å². The predicted octanol–water partition coefficient (Wildman–Crippen LogP) is 2.98. The highest BCUT2D eigenvalue weighted by Gasteiger charge is 2.02. The van der Waals surface area contributed by atoms with Crippen molar-refractivity contribution in [2.75, 3.05) is 30.9 Å². The van der Waals surface area contributed by atoms with E-state index in [4.69, 9.17) is 4.74 Å². The molecule has 0 radical (unpaired) electrons. The number of benzene rings is 1. The lowest BCUT2D eigenvalue weighted by Gasteiger charge is -2.10. The number of aromatic nitrogens is 2. The Morgan fingerprint density at radius 3 is 2.64 bits per heavy atom. The van der Waals surface area contributed by atoms with Crippen LogP contribution in [0.25, 0.3) is 0 Å². The van der Waals surface area contributed by atoms with Gasteiger partial charge in [0.2, 0.25) is 5.95 Å². The van der Waals surface area contributed by atoms with Crippen molar-refractivity contribution in [1.29, 1.82) is 0 Å². The number of ether oxygens (including phenoxy) is 1. The lowest BCUT2D eigenvalue weighted by Crippen LogP contribution is -2.10. The zero-order chi connectivity index (χ0) is 15.8. The molecule has 0 unspecified atom stereocenters. The van der Waals surface area contributed by atoms with Gasteiger partial charge in [-0.25, -0.2) is 9.37 Å². The van der Waals surface area contributed by atoms with Gasteiger partial charge >= 0.3 is 0 Å². The average Bonchev–Trinajstić information content (AvgIpc) is 2.51. The number of methoxy groups -OCH3 is 1. The van der Waals surface area contributed by atoms with Crippen molar-refractivity contribution in [2.24, 2.45) is 0 Å². The van der Waals surface area contributed by atoms with Crippen LogP contribution in [0.15, 0.2) is 30.3 Å². The molecule has 2 rings (SSSR count). The summed E-state index contributed by atoms with van der Waals surface area (Å²) in [6.07, 6.45) is 0.895. The maximum atomic E-state index is 12.9. The van der Waals surface area contributed by atoms with Crippen LogP contribution in [0.4, 0.5) is 16.2 Å². The van der Waals surface area contributed by atoms with Gasteiger partial charge in [0.05, 0.1) is 0 Å². The van der Waals surface area contributed by atoms with Crippen LogP contribution in [-0.2, 0) is 11.3 Å². The van der Waals surface area contributed by atoms with E-state index in [1.165, 1.54) is 12.1 Å². The first kappa shape index (κ1) is 16.2. The van der Waals surface area contributed by atoms with Gasteiger partial charge in [-0.15, -0.1) is 0 Å². The Morgan fingerprint density at radius 2 is 1.91 bits per heavy atom. The van der Waals surface area contributed by atoms with E-state index in [1.54, 1.807) is 19.2 Å². The lowest BCUT2D eigenvalue weighted by molar-refractivity contribution is 0.197. The van der Waals surface area contributed by atoms with E-state index in [1.807, 2.05) is 13.0 Å². The highest BCUT2D eigenvalue weighted by Crippen LogP contribution is 2.11. The van der Waals surface area contributed by atoms with Gasteiger partial charge in [0.1, 0.15) is 11.6 Å². The van der Waals surface area contributed by atoms with Crippen molar-refractivity contribution < 1.29 is 9.13 Å². The standard InChI is InChI=1S/C16H21FN4O/c1-12-10-15(19-11-13-4-6-14(17)7-5-13)21-16(20-12)18-8-3-9-22-2/h4-7,10H,3,8-9,11H2,1-2H3,(H2,18,19,20,21). The Bertz CT molecular complexity index is 589. The number of hydrogen-bond donors (Lipinski definition) is 2. The minimum atomic E-state index is -0.232. The number of aryl methyl sites for hydroxylation is 1. The van der Waals surface area contributed by atoms with Crippen LogP contribution in [0, 0.1) is 12.7 Å². The summed E-state index contributed by atoms with van der Waals surface area (Å²) in [5, 5.41) is 6.40. The molecule has 0 fully saturated rings. The van der Waals surface area contributed by atoms with E-state index >= 15 is 0 Å². The van der Waals surface area contributed by atoms with Crippen molar-refractivity contribution in [1.82, 2.24) is 9.97 Å². The van der Waals surface area contributed by atoms with Crippen LogP contribution >= 0.6 is 0 Å². The molecule has 1 aromatic carbocycles. The Kier molecular flexibility index (Phi) is 6.09. The summed E-state index contributed by atoms with van der Waals surface area (Å²) in [5.41, 5.74) is 1.87. The zero-order valence-corrected chi connectivity index (χ0v) is 12.9. The van der Waals surface area contributed by atoms with E-state index < -0.39 is 0 Å². The van der Waals surface area contributed by atoms with Gasteiger partial charge in [-0.3, -0.25) is 0 Å². The molecule has 5 nitrogen and oxygen atoms in total. The molecular formula is C16H21FN4O. The second-order valence-corrected chi connectivity index (χ2v) is 4.97. The van der Waals surface area contributed by atoms with Gasteiger partial charge in [-0.2, -0.15) is 4.98 Å². The third-order valence-electron chi connectivity index (χ3n) is 3.05. The average molecular weight is 304 g/mol. The van der Waals surface area contributed by atoms with Gasteiger partial charge in [0, 0.05) is 38.6 Å². The summed E-state index contributed by atoms with van der Waals surface area (Å²) in [7, 11) is 1.68. The molecule has 0 aliphatic heterocycles. The number of nitrogens with one attached hydrogen (secondary N) is 2. The topological polar surface area (TPSA) is 59.1 Å². The van der Waals surface area contributed by atoms with E-state index in [9.17, 15) is 4.39 Å². The van der Waals surface area contributed by atoms with Gasteiger partial charge in [-0.1, -0.05) is 12.1 Å². The SMILES string of the molecule is COCCCNc1nc(C)cc(NCc2ccc(F)cc2)n1. The Hall–Kier alpha value is -2.21. The quantitative estimate of drug-likeness (QED) is 0.734. The molecule has 118 valence electrons. The molecule has 0 aliphatic carbocycles. The minimum Gasteiger partial charge on any atom is -0.385 e. The van der Waals surface area contributed by atoms with Crippen LogP contribution in [0.5, 0.6) is 0 Å². The van der Waals surface area contributed by atoms with Crippen molar-refractivity contribution in [2.45, 2.75) is 19.9 Å². The smallest absolute Gasteiger partial charge is 0.224 e. The Balaban J connectivity index is 1.92. The van der Waals surface area contributed by atoms with Gasteiger partial charge < -0.3 is 15.4 Å². The van der Waals surface area contributed by atoms with Crippen molar-refractivity contribution in [3.8, 4) is 0 Å². The molecule has 1 heterocycles. The largest absolute Gasteiger partial charge is 0.385 e. The first-order valence-corrected chi connectivity index (χ1v) is 7.24. The van der Waals surface area contributed by atoms with Crippen LogP contribution < -0.4 is 10.6 Å². The molecule has 0 saturated heterocycles. The maximum absolute atomic E-state index is 12.9. The molecule has 0 atom stereocenters. The predicted molar refractivity (Wildman–Crippen MR) is 85.5 cm³/mol. The molecule has 6 heteroatoms. The summed E-state index contributed by atoms with van der Waals surface area (Å²) >= 11 is 0. The number of nitrogens with zero attached hydrogens (tertiary/aromatic N) is 2. The number of anilines is 2. The second-order valence-electron chi connectivity index (χ2n) is 4.97. The van der Waals surface area contributed by atoms with Gasteiger partial charge in [0.25, 0.3) is 0 Å². The molecule has 1 aromatic heterocycles. The summed E-state index contributed by atoms with van der Waals surface area (Å²) < 4.78 is 17.9. The van der Waals surface area contributed by atoms with E-state index in [2.05, 4.69) is 20.6 Å². The molecule has 0 amide bonds. The van der Waals surface area contributed by atoms with Gasteiger partial charge in [0.15, 0.2) is 0 Å². The monoisotopic (exact) mass is 304 g/mol. The van der Waals surface area contributed by atoms with E-state index in [-0.39, 0.29) is 5.82 Å². The minimum absolute atomic E-state index is 0.232. The van der Waals surface area contributed by atoms with Crippen molar-refractivity contribution >= 4 is 11.8 Å². The fourth-order valence-corrected chi connectivity index (χ4v) is 1.95. The van der Waals surface area contributed by atoms with Crippen LogP contribution in [0.1, 0.15) is 17.7 Å². The summed E-state index contributed by atoms with van der Waals surface area (Å²) in [6.45, 7) is 3.97. The molecular weight excluding hydrogens is 283 g/mol. The van der Waals surface area contributed by atoms with Crippen LogP contribution in [0.2, 0.25) is 0 Å². The highest BCUT2D eigenvalue weighted by molar-refractivity contribution is 5.42. The highest BCUT2D eigenvalue weighted by atomic mass is 19.1. The summed E-state index contributed by atoms with van der Waals surface area (Å²) in [6, 6.07) is 8.28. The number of halogens is 1.